The molecule has 5 rings (SSSR count). The van der Waals surface area contributed by atoms with Gasteiger partial charge in [0.15, 0.2) is 5.82 Å². The molecule has 1 spiro atoms. The number of nitrogens with zero attached hydrogens (tertiary/aromatic N) is 3. The summed E-state index contributed by atoms with van der Waals surface area (Å²) in [7, 11) is 0. The van der Waals surface area contributed by atoms with E-state index in [2.05, 4.69) is 36.1 Å². The Morgan fingerprint density at radius 1 is 1.26 bits per heavy atom. The zero-order valence-electron chi connectivity index (χ0n) is 15.9. The van der Waals surface area contributed by atoms with Gasteiger partial charge in [-0.05, 0) is 63.1 Å². The van der Waals surface area contributed by atoms with Gasteiger partial charge in [0.1, 0.15) is 5.75 Å². The Morgan fingerprint density at radius 2 is 2.11 bits per heavy atom. The predicted octanol–water partition coefficient (Wildman–Crippen LogP) is 3.48. The van der Waals surface area contributed by atoms with E-state index in [1.807, 2.05) is 4.90 Å². The first-order valence-electron chi connectivity index (χ1n) is 9.91. The number of aromatic nitrogens is 2. The summed E-state index contributed by atoms with van der Waals surface area (Å²) in [4.78, 5) is 19.7. The van der Waals surface area contributed by atoms with Crippen molar-refractivity contribution in [3.8, 4) is 5.75 Å². The van der Waals surface area contributed by atoms with Crippen molar-refractivity contribution in [3.63, 3.8) is 0 Å². The van der Waals surface area contributed by atoms with Gasteiger partial charge < -0.3 is 14.2 Å². The minimum atomic E-state index is -0.0540. The number of fused-ring (bicyclic) bond motifs is 2. The molecule has 1 unspecified atom stereocenters. The number of rotatable bonds is 2. The number of carbonyl (C=O) groups excluding carboxylic acids is 1. The van der Waals surface area contributed by atoms with E-state index in [0.717, 1.165) is 44.4 Å². The molecule has 1 aromatic carbocycles. The maximum absolute atomic E-state index is 13.5. The van der Waals surface area contributed by atoms with Gasteiger partial charge in [-0.3, -0.25) is 4.79 Å². The molecule has 0 radical (unpaired) electrons. The minimum absolute atomic E-state index is 0.0368. The molecular formula is C21H25N3O3. The highest BCUT2D eigenvalue weighted by molar-refractivity contribution is 5.85. The van der Waals surface area contributed by atoms with Crippen molar-refractivity contribution in [2.45, 2.75) is 57.4 Å². The molecule has 1 aromatic heterocycles. The molecule has 3 aliphatic rings. The SMILES string of the molecule is Cc1cc2c(cc1C)[C@]1(CCO2)C[C@H]1C(=O)N1CCCCC1c1ncon1. The lowest BCUT2D eigenvalue weighted by molar-refractivity contribution is -0.137. The van der Waals surface area contributed by atoms with Crippen LogP contribution in [0.3, 0.4) is 0 Å². The molecular weight excluding hydrogens is 342 g/mol. The molecule has 0 bridgehead atoms. The van der Waals surface area contributed by atoms with E-state index in [1.54, 1.807) is 0 Å². The molecule has 0 N–H and O–H groups in total. The van der Waals surface area contributed by atoms with Gasteiger partial charge in [-0.15, -0.1) is 0 Å². The van der Waals surface area contributed by atoms with Gasteiger partial charge in [0, 0.05) is 23.4 Å². The second-order valence-corrected chi connectivity index (χ2v) is 8.28. The van der Waals surface area contributed by atoms with Crippen molar-refractivity contribution in [1.82, 2.24) is 15.0 Å². The average molecular weight is 367 g/mol. The largest absolute Gasteiger partial charge is 0.493 e. The van der Waals surface area contributed by atoms with Crippen molar-refractivity contribution in [2.24, 2.45) is 5.92 Å². The molecule has 3 atom stereocenters. The second-order valence-electron chi connectivity index (χ2n) is 8.28. The smallest absolute Gasteiger partial charge is 0.227 e. The van der Waals surface area contributed by atoms with Gasteiger partial charge in [-0.1, -0.05) is 11.2 Å². The molecule has 2 fully saturated rings. The van der Waals surface area contributed by atoms with Gasteiger partial charge in [0.05, 0.1) is 12.6 Å². The highest BCUT2D eigenvalue weighted by Gasteiger charge is 2.62. The molecule has 6 heteroatoms. The Bertz CT molecular complexity index is 879. The standard InChI is InChI=1S/C21H25N3O3/c1-13-9-15-18(10-14(13)2)26-8-6-21(15)11-16(21)20(25)24-7-4-3-5-17(24)19-22-12-27-23-19/h9-10,12,16-17H,3-8,11H2,1-2H3/t16-,17?,21-/m0/s1. The van der Waals surface area contributed by atoms with Crippen molar-refractivity contribution in [1.29, 1.82) is 0 Å². The Balaban J connectivity index is 1.44. The number of aryl methyl sites for hydroxylation is 2. The minimum Gasteiger partial charge on any atom is -0.493 e. The molecule has 6 nitrogen and oxygen atoms in total. The zero-order valence-corrected chi connectivity index (χ0v) is 15.9. The summed E-state index contributed by atoms with van der Waals surface area (Å²) in [5.41, 5.74) is 3.67. The lowest BCUT2D eigenvalue weighted by Crippen LogP contribution is -2.41. The summed E-state index contributed by atoms with van der Waals surface area (Å²) in [6, 6.07) is 4.32. The fourth-order valence-electron chi connectivity index (χ4n) is 4.97. The highest BCUT2D eigenvalue weighted by atomic mass is 16.5. The van der Waals surface area contributed by atoms with Gasteiger partial charge in [0.25, 0.3) is 0 Å². The van der Waals surface area contributed by atoms with E-state index in [-0.39, 0.29) is 23.3 Å². The number of ether oxygens (including phenoxy) is 1. The van der Waals surface area contributed by atoms with Gasteiger partial charge in [-0.2, -0.15) is 4.98 Å². The zero-order chi connectivity index (χ0) is 18.6. The fraction of sp³-hybridized carbons (Fsp3) is 0.571. The molecule has 1 amide bonds. The van der Waals surface area contributed by atoms with E-state index in [4.69, 9.17) is 9.26 Å². The van der Waals surface area contributed by atoms with Crippen LogP contribution in [0.1, 0.15) is 60.7 Å². The van der Waals surface area contributed by atoms with Crippen LogP contribution in [0.25, 0.3) is 0 Å². The van der Waals surface area contributed by atoms with Crippen molar-refractivity contribution in [2.75, 3.05) is 13.2 Å². The molecule has 3 heterocycles. The summed E-state index contributed by atoms with van der Waals surface area (Å²) in [6.45, 7) is 5.71. The normalized spacial score (nSPS) is 29.3. The summed E-state index contributed by atoms with van der Waals surface area (Å²) < 4.78 is 10.9. The second kappa shape index (κ2) is 6.08. The molecule has 2 aliphatic heterocycles. The topological polar surface area (TPSA) is 68.5 Å². The van der Waals surface area contributed by atoms with Gasteiger partial charge >= 0.3 is 0 Å². The van der Waals surface area contributed by atoms with Crippen LogP contribution in [-0.2, 0) is 10.2 Å². The van der Waals surface area contributed by atoms with E-state index in [0.29, 0.717) is 12.4 Å². The van der Waals surface area contributed by atoms with Gasteiger partial charge in [-0.25, -0.2) is 0 Å². The Kier molecular flexibility index (Phi) is 3.78. The van der Waals surface area contributed by atoms with E-state index < -0.39 is 0 Å². The summed E-state index contributed by atoms with van der Waals surface area (Å²) in [5.74, 6) is 1.88. The fourth-order valence-corrected chi connectivity index (χ4v) is 4.97. The third-order valence-corrected chi connectivity index (χ3v) is 6.77. The molecule has 1 aliphatic carbocycles. The van der Waals surface area contributed by atoms with E-state index in [1.165, 1.54) is 23.1 Å². The lowest BCUT2D eigenvalue weighted by Gasteiger charge is -2.35. The number of hydrogen-bond acceptors (Lipinski definition) is 5. The summed E-state index contributed by atoms with van der Waals surface area (Å²) in [6.07, 6.45) is 6.22. The van der Waals surface area contributed by atoms with Crippen LogP contribution in [-0.4, -0.2) is 34.1 Å². The van der Waals surface area contributed by atoms with Gasteiger partial charge in [0.2, 0.25) is 12.3 Å². The maximum atomic E-state index is 13.5. The number of benzene rings is 1. The first kappa shape index (κ1) is 16.8. The summed E-state index contributed by atoms with van der Waals surface area (Å²) >= 11 is 0. The number of likely N-dealkylation sites (tertiary alicyclic amines) is 1. The van der Waals surface area contributed by atoms with Crippen molar-refractivity contribution < 1.29 is 14.1 Å². The van der Waals surface area contributed by atoms with Crippen molar-refractivity contribution in [3.05, 3.63) is 41.0 Å². The van der Waals surface area contributed by atoms with Crippen LogP contribution in [0.15, 0.2) is 23.0 Å². The van der Waals surface area contributed by atoms with Crippen LogP contribution < -0.4 is 4.74 Å². The Morgan fingerprint density at radius 3 is 2.93 bits per heavy atom. The van der Waals surface area contributed by atoms with Crippen LogP contribution in [0.4, 0.5) is 0 Å². The third kappa shape index (κ3) is 2.57. The average Bonchev–Trinajstić information content (AvgIpc) is 3.13. The van der Waals surface area contributed by atoms with Crippen LogP contribution in [0.5, 0.6) is 5.75 Å². The van der Waals surface area contributed by atoms with E-state index >= 15 is 0 Å². The first-order valence-corrected chi connectivity index (χ1v) is 9.91. The number of piperidine rings is 1. The molecule has 1 saturated heterocycles. The predicted molar refractivity (Wildman–Crippen MR) is 98.4 cm³/mol. The van der Waals surface area contributed by atoms with Crippen LogP contribution in [0, 0.1) is 19.8 Å². The highest BCUT2D eigenvalue weighted by Crippen LogP contribution is 2.62. The van der Waals surface area contributed by atoms with Crippen molar-refractivity contribution >= 4 is 5.91 Å². The summed E-state index contributed by atoms with van der Waals surface area (Å²) in [5, 5.41) is 4.01. The Hall–Kier alpha value is -2.37. The number of amides is 1. The Labute approximate surface area is 158 Å². The molecule has 1 saturated carbocycles. The third-order valence-electron chi connectivity index (χ3n) is 6.77. The molecule has 27 heavy (non-hydrogen) atoms. The number of carbonyl (C=O) groups is 1. The molecule has 2 aromatic rings. The number of hydrogen-bond donors (Lipinski definition) is 0. The monoisotopic (exact) mass is 367 g/mol. The van der Waals surface area contributed by atoms with E-state index in [9.17, 15) is 4.79 Å². The quantitative estimate of drug-likeness (QED) is 0.813. The lowest BCUT2D eigenvalue weighted by atomic mass is 9.85. The first-order chi connectivity index (χ1) is 13.1. The maximum Gasteiger partial charge on any atom is 0.227 e. The molecule has 142 valence electrons. The van der Waals surface area contributed by atoms with Crippen LogP contribution >= 0.6 is 0 Å². The van der Waals surface area contributed by atoms with Crippen LogP contribution in [0.2, 0.25) is 0 Å².